The largest absolute Gasteiger partial charge is 0.317 e. The van der Waals surface area contributed by atoms with Gasteiger partial charge >= 0.3 is 0 Å². The van der Waals surface area contributed by atoms with E-state index in [0.717, 1.165) is 18.8 Å². The molecule has 1 N–H and O–H groups in total. The minimum absolute atomic E-state index is 0.774. The van der Waals surface area contributed by atoms with Crippen molar-refractivity contribution in [3.63, 3.8) is 0 Å². The van der Waals surface area contributed by atoms with Crippen molar-refractivity contribution in [3.05, 3.63) is 106 Å². The van der Waals surface area contributed by atoms with Gasteiger partial charge in [-0.2, -0.15) is 0 Å². The van der Waals surface area contributed by atoms with Gasteiger partial charge in [-0.3, -0.25) is 0 Å². The van der Waals surface area contributed by atoms with Gasteiger partial charge in [-0.15, -0.1) is 0 Å². The molecular weight excluding hydrogens is 542 g/mol. The summed E-state index contributed by atoms with van der Waals surface area (Å²) in [5.41, 5.74) is 10.6. The van der Waals surface area contributed by atoms with Gasteiger partial charge in [-0.05, 0) is 129 Å². The molecule has 0 aliphatic carbocycles. The Morgan fingerprint density at radius 1 is 0.556 bits per heavy atom. The molecule has 1 saturated heterocycles. The molecule has 0 amide bonds. The standard InChI is InChI=1S/C25H35N.C15H24.2C2H6/c1-2-22-10-7-8-12-23(22)11-6-4-3-5-9-21-13-15-24(16-14-21)25-17-19-26-20-18-25;1-4-6-7-8-9-15-12-14(5-2)11-10-13(15)3;2*1-2/h7-8,10,12-16,25-26H,2-6,9,11,17-20H2,1H3;10-12H,4-9H2,1-3H3;2*1-2H3. The van der Waals surface area contributed by atoms with Crippen LogP contribution in [0.4, 0.5) is 0 Å². The third-order valence-corrected chi connectivity index (χ3v) is 9.07. The smallest absolute Gasteiger partial charge is 0.00431 e. The quantitative estimate of drug-likeness (QED) is 0.168. The van der Waals surface area contributed by atoms with Gasteiger partial charge in [0.05, 0.1) is 0 Å². The molecule has 3 aromatic carbocycles. The minimum Gasteiger partial charge on any atom is -0.317 e. The van der Waals surface area contributed by atoms with Crippen molar-refractivity contribution in [1.82, 2.24) is 5.32 Å². The van der Waals surface area contributed by atoms with Crippen LogP contribution in [0.15, 0.2) is 66.7 Å². The first kappa shape index (κ1) is 40.6. The van der Waals surface area contributed by atoms with Gasteiger partial charge in [0.15, 0.2) is 0 Å². The molecule has 1 heteroatoms. The van der Waals surface area contributed by atoms with E-state index in [-0.39, 0.29) is 0 Å². The Morgan fingerprint density at radius 2 is 1.11 bits per heavy atom. The van der Waals surface area contributed by atoms with Gasteiger partial charge < -0.3 is 5.32 Å². The lowest BCUT2D eigenvalue weighted by molar-refractivity contribution is 0.460. The second-order valence-electron chi connectivity index (χ2n) is 12.2. The van der Waals surface area contributed by atoms with E-state index in [4.69, 9.17) is 0 Å². The molecule has 0 aromatic heterocycles. The van der Waals surface area contributed by atoms with Crippen molar-refractivity contribution in [1.29, 1.82) is 0 Å². The van der Waals surface area contributed by atoms with E-state index in [1.165, 1.54) is 119 Å². The molecule has 0 spiro atoms. The molecule has 0 atom stereocenters. The summed E-state index contributed by atoms with van der Waals surface area (Å²) in [7, 11) is 0. The molecular formula is C44H71N. The monoisotopic (exact) mass is 614 g/mol. The second kappa shape index (κ2) is 26.8. The van der Waals surface area contributed by atoms with E-state index >= 15 is 0 Å². The number of hydrogen-bond donors (Lipinski definition) is 1. The number of rotatable bonds is 15. The van der Waals surface area contributed by atoms with Crippen LogP contribution in [0.1, 0.15) is 158 Å². The number of aryl methyl sites for hydroxylation is 6. The summed E-state index contributed by atoms with van der Waals surface area (Å²) in [6.45, 7) is 19.3. The van der Waals surface area contributed by atoms with Crippen molar-refractivity contribution in [2.75, 3.05) is 13.1 Å². The molecule has 4 rings (SSSR count). The van der Waals surface area contributed by atoms with Gasteiger partial charge in [0.25, 0.3) is 0 Å². The van der Waals surface area contributed by atoms with E-state index in [9.17, 15) is 0 Å². The summed E-state index contributed by atoms with van der Waals surface area (Å²) in [4.78, 5) is 0. The normalized spacial score (nSPS) is 12.6. The Hall–Kier alpha value is -2.38. The Morgan fingerprint density at radius 3 is 1.71 bits per heavy atom. The van der Waals surface area contributed by atoms with E-state index in [1.807, 2.05) is 27.7 Å². The van der Waals surface area contributed by atoms with Gasteiger partial charge in [-0.1, -0.05) is 147 Å². The lowest BCUT2D eigenvalue weighted by atomic mass is 9.89. The van der Waals surface area contributed by atoms with Gasteiger partial charge in [-0.25, -0.2) is 0 Å². The van der Waals surface area contributed by atoms with Gasteiger partial charge in [0, 0.05) is 0 Å². The molecule has 45 heavy (non-hydrogen) atoms. The average molecular weight is 614 g/mol. The van der Waals surface area contributed by atoms with Crippen molar-refractivity contribution < 1.29 is 0 Å². The Kier molecular flexibility index (Phi) is 24.2. The highest BCUT2D eigenvalue weighted by Crippen LogP contribution is 2.25. The van der Waals surface area contributed by atoms with Crippen molar-refractivity contribution in [2.24, 2.45) is 0 Å². The molecule has 1 aliphatic rings. The molecule has 3 aromatic rings. The zero-order chi connectivity index (χ0) is 33.1. The Bertz CT molecular complexity index is 1090. The Labute approximate surface area is 281 Å². The highest BCUT2D eigenvalue weighted by atomic mass is 14.9. The van der Waals surface area contributed by atoms with Crippen LogP contribution >= 0.6 is 0 Å². The van der Waals surface area contributed by atoms with Crippen LogP contribution < -0.4 is 5.32 Å². The van der Waals surface area contributed by atoms with Crippen LogP contribution in [-0.2, 0) is 32.1 Å². The summed E-state index contributed by atoms with van der Waals surface area (Å²) in [5, 5.41) is 3.46. The van der Waals surface area contributed by atoms with E-state index in [1.54, 1.807) is 16.7 Å². The first-order valence-corrected chi connectivity index (χ1v) is 19.1. The molecule has 0 bridgehead atoms. The number of hydrogen-bond acceptors (Lipinski definition) is 1. The molecule has 0 unspecified atom stereocenters. The third-order valence-electron chi connectivity index (χ3n) is 9.07. The predicted octanol–water partition coefficient (Wildman–Crippen LogP) is 12.8. The lowest BCUT2D eigenvalue weighted by Gasteiger charge is -2.23. The molecule has 0 saturated carbocycles. The number of nitrogens with one attached hydrogen (secondary N) is 1. The van der Waals surface area contributed by atoms with E-state index in [2.05, 4.69) is 99.7 Å². The minimum atomic E-state index is 0.774. The van der Waals surface area contributed by atoms with Crippen LogP contribution in [0, 0.1) is 6.92 Å². The third kappa shape index (κ3) is 16.7. The highest BCUT2D eigenvalue weighted by Gasteiger charge is 2.14. The number of piperidine rings is 1. The van der Waals surface area contributed by atoms with Crippen LogP contribution in [0.3, 0.4) is 0 Å². The Balaban J connectivity index is 0.000000455. The average Bonchev–Trinajstić information content (AvgIpc) is 3.11. The maximum absolute atomic E-state index is 3.46. The van der Waals surface area contributed by atoms with Gasteiger partial charge in [0.2, 0.25) is 0 Å². The number of benzene rings is 3. The van der Waals surface area contributed by atoms with Crippen LogP contribution in [0.25, 0.3) is 0 Å². The second-order valence-corrected chi connectivity index (χ2v) is 12.2. The fraction of sp³-hybridized carbons (Fsp3) is 0.591. The van der Waals surface area contributed by atoms with E-state index < -0.39 is 0 Å². The summed E-state index contributed by atoms with van der Waals surface area (Å²) in [6, 6.07) is 25.4. The van der Waals surface area contributed by atoms with Crippen LogP contribution in [0.5, 0.6) is 0 Å². The summed E-state index contributed by atoms with van der Waals surface area (Å²) >= 11 is 0. The molecule has 1 fully saturated rings. The molecule has 0 radical (unpaired) electrons. The first-order chi connectivity index (χ1) is 22.1. The molecule has 252 valence electrons. The molecule has 1 aliphatic heterocycles. The maximum atomic E-state index is 3.46. The topological polar surface area (TPSA) is 12.0 Å². The van der Waals surface area contributed by atoms with Gasteiger partial charge in [0.1, 0.15) is 0 Å². The predicted molar refractivity (Wildman–Crippen MR) is 204 cm³/mol. The van der Waals surface area contributed by atoms with E-state index in [0.29, 0.717) is 0 Å². The van der Waals surface area contributed by atoms with Crippen molar-refractivity contribution in [2.45, 2.75) is 158 Å². The maximum Gasteiger partial charge on any atom is -0.00431 e. The van der Waals surface area contributed by atoms with Crippen molar-refractivity contribution >= 4 is 0 Å². The zero-order valence-electron chi connectivity index (χ0n) is 30.9. The lowest BCUT2D eigenvalue weighted by Crippen LogP contribution is -2.26. The summed E-state index contributed by atoms with van der Waals surface area (Å²) in [6.07, 6.45) is 19.4. The van der Waals surface area contributed by atoms with Crippen LogP contribution in [0.2, 0.25) is 0 Å². The molecule has 1 heterocycles. The fourth-order valence-electron chi connectivity index (χ4n) is 6.21. The molecule has 1 nitrogen and oxygen atoms in total. The fourth-order valence-corrected chi connectivity index (χ4v) is 6.21. The summed E-state index contributed by atoms with van der Waals surface area (Å²) in [5.74, 6) is 0.774. The number of unbranched alkanes of at least 4 members (excludes halogenated alkanes) is 6. The van der Waals surface area contributed by atoms with Crippen molar-refractivity contribution in [3.8, 4) is 0 Å². The zero-order valence-corrected chi connectivity index (χ0v) is 30.9. The summed E-state index contributed by atoms with van der Waals surface area (Å²) < 4.78 is 0. The first-order valence-electron chi connectivity index (χ1n) is 19.1. The van der Waals surface area contributed by atoms with Crippen LogP contribution in [-0.4, -0.2) is 13.1 Å². The SMILES string of the molecule is CC.CC.CCCCCCc1cc(CC)ccc1C.CCc1ccccc1CCCCCCc1ccc(C2CCNCC2)cc1. The highest BCUT2D eigenvalue weighted by molar-refractivity contribution is 5.31.